The van der Waals surface area contributed by atoms with Crippen molar-refractivity contribution in [1.29, 1.82) is 0 Å². The Balaban J connectivity index is 1.35. The molecule has 4 heteroatoms. The Kier molecular flexibility index (Phi) is 7.63. The van der Waals surface area contributed by atoms with Crippen molar-refractivity contribution in [3.8, 4) is 5.75 Å². The standard InChI is InChI=1S/C29H41NO3/c1-5-32-28(31)22-15-17-30(18-16-22)20-21-9-14-26-23(19-21)7-6-8-27(26)33-25-12-10-24(11-13-25)29(2,3)4/h6-9,14,19,22,24-25H,5,10-13,15-18,20H2,1-4H3/t24-,25-. The van der Waals surface area contributed by atoms with Crippen molar-refractivity contribution in [3.05, 3.63) is 42.0 Å². The van der Waals surface area contributed by atoms with Gasteiger partial charge in [0.2, 0.25) is 0 Å². The molecule has 1 aliphatic heterocycles. The van der Waals surface area contributed by atoms with Gasteiger partial charge < -0.3 is 9.47 Å². The molecule has 2 aromatic carbocycles. The van der Waals surface area contributed by atoms with Gasteiger partial charge in [0.15, 0.2) is 0 Å². The van der Waals surface area contributed by atoms with Gasteiger partial charge in [0.25, 0.3) is 0 Å². The predicted octanol–water partition coefficient (Wildman–Crippen LogP) is 6.60. The summed E-state index contributed by atoms with van der Waals surface area (Å²) >= 11 is 0. The van der Waals surface area contributed by atoms with E-state index in [1.807, 2.05) is 6.92 Å². The van der Waals surface area contributed by atoms with Crippen LogP contribution in [0.3, 0.4) is 0 Å². The van der Waals surface area contributed by atoms with Crippen molar-refractivity contribution >= 4 is 16.7 Å². The smallest absolute Gasteiger partial charge is 0.309 e. The molecule has 0 amide bonds. The van der Waals surface area contributed by atoms with Crippen LogP contribution in [-0.2, 0) is 16.1 Å². The molecule has 0 unspecified atom stereocenters. The van der Waals surface area contributed by atoms with Crippen LogP contribution in [0.15, 0.2) is 36.4 Å². The minimum atomic E-state index is -0.0257. The summed E-state index contributed by atoms with van der Waals surface area (Å²) in [5.41, 5.74) is 1.72. The zero-order chi connectivity index (χ0) is 23.4. The number of hydrogen-bond donors (Lipinski definition) is 0. The van der Waals surface area contributed by atoms with Gasteiger partial charge in [0.1, 0.15) is 5.75 Å². The molecule has 2 aliphatic rings. The number of nitrogens with zero attached hydrogens (tertiary/aromatic N) is 1. The molecule has 0 atom stereocenters. The number of carbonyl (C=O) groups is 1. The van der Waals surface area contributed by atoms with Crippen LogP contribution in [-0.4, -0.2) is 36.7 Å². The Labute approximate surface area is 199 Å². The monoisotopic (exact) mass is 451 g/mol. The molecule has 1 saturated heterocycles. The number of carbonyl (C=O) groups excluding carboxylic acids is 1. The van der Waals surface area contributed by atoms with Crippen LogP contribution in [0.4, 0.5) is 0 Å². The zero-order valence-corrected chi connectivity index (χ0v) is 20.9. The third kappa shape index (κ3) is 6.09. The molecule has 0 radical (unpaired) electrons. The Hall–Kier alpha value is -2.07. The molecule has 1 aliphatic carbocycles. The fourth-order valence-corrected chi connectivity index (χ4v) is 5.58. The number of ether oxygens (including phenoxy) is 2. The van der Waals surface area contributed by atoms with Gasteiger partial charge in [-0.25, -0.2) is 0 Å². The van der Waals surface area contributed by atoms with E-state index >= 15 is 0 Å². The topological polar surface area (TPSA) is 38.8 Å². The van der Waals surface area contributed by atoms with Crippen LogP contribution in [0.25, 0.3) is 10.8 Å². The lowest BCUT2D eigenvalue weighted by Gasteiger charge is -2.37. The molecule has 4 rings (SSSR count). The van der Waals surface area contributed by atoms with E-state index in [-0.39, 0.29) is 11.9 Å². The van der Waals surface area contributed by atoms with Crippen LogP contribution in [0.1, 0.15) is 71.8 Å². The first-order chi connectivity index (χ1) is 15.8. The van der Waals surface area contributed by atoms with Gasteiger partial charge in [0.05, 0.1) is 18.6 Å². The van der Waals surface area contributed by atoms with Gasteiger partial charge in [-0.2, -0.15) is 0 Å². The van der Waals surface area contributed by atoms with Crippen molar-refractivity contribution in [3.63, 3.8) is 0 Å². The fraction of sp³-hybridized carbons (Fsp3) is 0.621. The number of rotatable bonds is 6. The fourth-order valence-electron chi connectivity index (χ4n) is 5.58. The highest BCUT2D eigenvalue weighted by Crippen LogP contribution is 2.39. The molecule has 180 valence electrons. The molecule has 0 bridgehead atoms. The van der Waals surface area contributed by atoms with E-state index in [0.717, 1.165) is 57.0 Å². The van der Waals surface area contributed by atoms with Gasteiger partial charge in [-0.05, 0) is 93.0 Å². The summed E-state index contributed by atoms with van der Waals surface area (Å²) in [4.78, 5) is 14.4. The van der Waals surface area contributed by atoms with Gasteiger partial charge >= 0.3 is 5.97 Å². The first-order valence-electron chi connectivity index (χ1n) is 12.9. The summed E-state index contributed by atoms with van der Waals surface area (Å²) in [5.74, 6) is 1.86. The van der Waals surface area contributed by atoms with E-state index in [2.05, 4.69) is 62.1 Å². The molecule has 0 spiro atoms. The summed E-state index contributed by atoms with van der Waals surface area (Å²) in [6, 6.07) is 13.2. The van der Waals surface area contributed by atoms with Crippen molar-refractivity contribution in [2.45, 2.75) is 78.9 Å². The number of hydrogen-bond acceptors (Lipinski definition) is 4. The molecular formula is C29H41NO3. The lowest BCUT2D eigenvalue weighted by atomic mass is 9.72. The maximum absolute atomic E-state index is 12.0. The van der Waals surface area contributed by atoms with E-state index in [1.165, 1.54) is 29.2 Å². The number of benzene rings is 2. The van der Waals surface area contributed by atoms with E-state index < -0.39 is 0 Å². The predicted molar refractivity (Wildman–Crippen MR) is 134 cm³/mol. The molecule has 1 saturated carbocycles. The van der Waals surface area contributed by atoms with E-state index in [1.54, 1.807) is 0 Å². The zero-order valence-electron chi connectivity index (χ0n) is 20.9. The lowest BCUT2D eigenvalue weighted by molar-refractivity contribution is -0.149. The summed E-state index contributed by atoms with van der Waals surface area (Å²) in [5, 5.41) is 2.45. The molecule has 4 nitrogen and oxygen atoms in total. The van der Waals surface area contributed by atoms with Crippen molar-refractivity contribution in [2.24, 2.45) is 17.3 Å². The first kappa shape index (κ1) is 24.1. The molecule has 0 N–H and O–H groups in total. The van der Waals surface area contributed by atoms with Crippen LogP contribution < -0.4 is 4.74 Å². The highest BCUT2D eigenvalue weighted by molar-refractivity contribution is 5.88. The molecule has 1 heterocycles. The van der Waals surface area contributed by atoms with E-state index in [4.69, 9.17) is 9.47 Å². The Morgan fingerprint density at radius 1 is 1.00 bits per heavy atom. The Bertz CT molecular complexity index is 932. The maximum atomic E-state index is 12.0. The third-order valence-electron chi connectivity index (χ3n) is 7.71. The summed E-state index contributed by atoms with van der Waals surface area (Å²) in [7, 11) is 0. The molecular weight excluding hydrogens is 410 g/mol. The minimum absolute atomic E-state index is 0.0257. The minimum Gasteiger partial charge on any atom is -0.490 e. The first-order valence-corrected chi connectivity index (χ1v) is 12.9. The second-order valence-electron chi connectivity index (χ2n) is 11.1. The van der Waals surface area contributed by atoms with Gasteiger partial charge in [-0.3, -0.25) is 9.69 Å². The van der Waals surface area contributed by atoms with Crippen LogP contribution in [0.2, 0.25) is 0 Å². The maximum Gasteiger partial charge on any atom is 0.309 e. The quantitative estimate of drug-likeness (QED) is 0.464. The molecule has 0 aromatic heterocycles. The molecule has 2 aromatic rings. The average molecular weight is 452 g/mol. The van der Waals surface area contributed by atoms with Gasteiger partial charge in [0, 0.05) is 11.9 Å². The summed E-state index contributed by atoms with van der Waals surface area (Å²) in [6.07, 6.45) is 6.93. The van der Waals surface area contributed by atoms with Crippen molar-refractivity contribution < 1.29 is 14.3 Å². The molecule has 33 heavy (non-hydrogen) atoms. The van der Waals surface area contributed by atoms with Gasteiger partial charge in [-0.15, -0.1) is 0 Å². The highest BCUT2D eigenvalue weighted by atomic mass is 16.5. The Morgan fingerprint density at radius 3 is 2.39 bits per heavy atom. The SMILES string of the molecule is CCOC(=O)C1CCN(Cc2ccc3c(O[C@H]4CC[C@H](C(C)(C)C)CC4)cccc3c2)CC1. The van der Waals surface area contributed by atoms with Crippen molar-refractivity contribution in [2.75, 3.05) is 19.7 Å². The second kappa shape index (κ2) is 10.5. The second-order valence-corrected chi connectivity index (χ2v) is 11.1. The summed E-state index contributed by atoms with van der Waals surface area (Å²) < 4.78 is 11.7. The van der Waals surface area contributed by atoms with Crippen LogP contribution >= 0.6 is 0 Å². The number of likely N-dealkylation sites (tertiary alicyclic amines) is 1. The molecule has 2 fully saturated rings. The van der Waals surface area contributed by atoms with Gasteiger partial charge in [-0.1, -0.05) is 45.0 Å². The van der Waals surface area contributed by atoms with Crippen LogP contribution in [0, 0.1) is 17.3 Å². The number of esters is 1. The average Bonchev–Trinajstić information content (AvgIpc) is 2.79. The number of fused-ring (bicyclic) bond motifs is 1. The van der Waals surface area contributed by atoms with Crippen LogP contribution in [0.5, 0.6) is 5.75 Å². The van der Waals surface area contributed by atoms with E-state index in [9.17, 15) is 4.79 Å². The normalized spacial score (nSPS) is 22.9. The lowest BCUT2D eigenvalue weighted by Crippen LogP contribution is -2.36. The highest BCUT2D eigenvalue weighted by Gasteiger charge is 2.30. The Morgan fingerprint density at radius 2 is 1.73 bits per heavy atom. The van der Waals surface area contributed by atoms with Crippen molar-refractivity contribution in [1.82, 2.24) is 4.90 Å². The number of piperidine rings is 1. The third-order valence-corrected chi connectivity index (χ3v) is 7.71. The largest absolute Gasteiger partial charge is 0.490 e. The van der Waals surface area contributed by atoms with E-state index in [0.29, 0.717) is 18.1 Å². The summed E-state index contributed by atoms with van der Waals surface area (Å²) in [6.45, 7) is 12.3.